The van der Waals surface area contributed by atoms with Crippen molar-refractivity contribution in [2.75, 3.05) is 37.1 Å². The van der Waals surface area contributed by atoms with Gasteiger partial charge >= 0.3 is 0 Å². The van der Waals surface area contributed by atoms with Gasteiger partial charge in [0.2, 0.25) is 0 Å². The number of nitrogens with one attached hydrogen (secondary N) is 2. The zero-order chi connectivity index (χ0) is 33.4. The average molecular weight is 647 g/mol. The smallest absolute Gasteiger partial charge is 0.255 e. The number of para-hydroxylation sites is 2. The van der Waals surface area contributed by atoms with Crippen LogP contribution in [0.5, 0.6) is 11.5 Å². The number of rotatable bonds is 6. The number of hydrogen-bond acceptors (Lipinski definition) is 8. The normalized spacial score (nSPS) is 21.9. The maximum atomic E-state index is 12.5. The topological polar surface area (TPSA) is 135 Å². The van der Waals surface area contributed by atoms with Gasteiger partial charge in [-0.05, 0) is 71.5 Å². The minimum absolute atomic E-state index is 0.00346. The van der Waals surface area contributed by atoms with E-state index in [2.05, 4.69) is 20.4 Å². The molecule has 10 heteroatoms. The van der Waals surface area contributed by atoms with Gasteiger partial charge in [0.15, 0.2) is 0 Å². The first kappa shape index (κ1) is 31.5. The zero-order valence-electron chi connectivity index (χ0n) is 27.3. The number of ether oxygens (including phenoxy) is 2. The van der Waals surface area contributed by atoms with E-state index in [-0.39, 0.29) is 36.2 Å². The van der Waals surface area contributed by atoms with Crippen molar-refractivity contribution in [3.05, 3.63) is 118 Å². The van der Waals surface area contributed by atoms with Crippen molar-refractivity contribution in [3.8, 4) is 11.5 Å². The molecule has 2 amide bonds. The molecule has 248 valence electrons. The van der Waals surface area contributed by atoms with Crippen molar-refractivity contribution in [1.29, 1.82) is 0 Å². The van der Waals surface area contributed by atoms with Crippen LogP contribution in [0, 0.1) is 0 Å². The first-order chi connectivity index (χ1) is 23.3. The Morgan fingerprint density at radius 3 is 1.40 bits per heavy atom. The number of amides is 2. The molecule has 0 spiro atoms. The number of hydrogen-bond donors (Lipinski definition) is 4. The van der Waals surface area contributed by atoms with Crippen LogP contribution in [0.2, 0.25) is 0 Å². The lowest BCUT2D eigenvalue weighted by atomic mass is 9.90. The Morgan fingerprint density at radius 2 is 1.02 bits per heavy atom. The van der Waals surface area contributed by atoms with Crippen molar-refractivity contribution in [3.63, 3.8) is 0 Å². The Morgan fingerprint density at radius 1 is 0.625 bits per heavy atom. The van der Waals surface area contributed by atoms with Crippen LogP contribution >= 0.6 is 0 Å². The van der Waals surface area contributed by atoms with E-state index in [1.807, 2.05) is 84.9 Å². The second-order valence-electron chi connectivity index (χ2n) is 12.7. The predicted octanol–water partition coefficient (Wildman–Crippen LogP) is 4.43. The van der Waals surface area contributed by atoms with Crippen LogP contribution in [0.4, 0.5) is 11.4 Å². The van der Waals surface area contributed by atoms with E-state index in [1.165, 1.54) is 0 Å². The lowest BCUT2D eigenvalue weighted by Crippen LogP contribution is -2.56. The third-order valence-electron chi connectivity index (χ3n) is 9.88. The molecule has 4 aliphatic heterocycles. The number of nitrogens with zero attached hydrogens (tertiary/aromatic N) is 2. The summed E-state index contributed by atoms with van der Waals surface area (Å²) in [6.07, 6.45) is 3.19. The molecule has 0 unspecified atom stereocenters. The molecule has 4 aromatic rings. The molecule has 4 aliphatic rings. The third-order valence-corrected chi connectivity index (χ3v) is 9.88. The van der Waals surface area contributed by atoms with Crippen molar-refractivity contribution in [1.82, 2.24) is 10.6 Å². The van der Waals surface area contributed by atoms with Crippen LogP contribution in [0.15, 0.2) is 84.9 Å². The maximum absolute atomic E-state index is 12.5. The van der Waals surface area contributed by atoms with Crippen LogP contribution in [0.3, 0.4) is 0 Å². The molecular formula is C38H42N6O4. The summed E-state index contributed by atoms with van der Waals surface area (Å²) >= 11 is 0. The molecule has 0 fully saturated rings. The summed E-state index contributed by atoms with van der Waals surface area (Å²) in [6, 6.07) is 27.7. The second kappa shape index (κ2) is 13.2. The lowest BCUT2D eigenvalue weighted by Gasteiger charge is -2.44. The molecule has 10 nitrogen and oxygen atoms in total. The first-order valence-corrected chi connectivity index (χ1v) is 16.5. The highest BCUT2D eigenvalue weighted by molar-refractivity contribution is 6.03. The van der Waals surface area contributed by atoms with Gasteiger partial charge < -0.3 is 41.4 Å². The Labute approximate surface area is 281 Å². The molecule has 8 rings (SSSR count). The third kappa shape index (κ3) is 5.93. The van der Waals surface area contributed by atoms with Crippen LogP contribution in [0.1, 0.15) is 67.9 Å². The Kier molecular flexibility index (Phi) is 8.68. The summed E-state index contributed by atoms with van der Waals surface area (Å²) in [5.41, 5.74) is 20.5. The number of carbonyl (C=O) groups is 2. The Balaban J connectivity index is 0.000000152. The Hall–Kier alpha value is -5.06. The van der Waals surface area contributed by atoms with E-state index < -0.39 is 0 Å². The predicted molar refractivity (Wildman–Crippen MR) is 187 cm³/mol. The number of benzene rings is 4. The Bertz CT molecular complexity index is 1680. The van der Waals surface area contributed by atoms with Crippen molar-refractivity contribution in [2.45, 2.75) is 50.1 Å². The fraction of sp³-hybridized carbons (Fsp3) is 0.316. The van der Waals surface area contributed by atoms with Gasteiger partial charge in [-0.25, -0.2) is 0 Å². The summed E-state index contributed by atoms with van der Waals surface area (Å²) < 4.78 is 10.4. The molecule has 0 radical (unpaired) electrons. The molecule has 0 bridgehead atoms. The summed E-state index contributed by atoms with van der Waals surface area (Å²) in [5, 5.41) is 6.28. The SMILES string of the molecule is COc1ccc(C[C@@H]2NC(=O)c3cccc4c3N2CC[C@H]4N)cc1.COc1ccc(C[C@H]2NC(=O)c3cccc4c3N2CC[C@@H]4N)cc1. The summed E-state index contributed by atoms with van der Waals surface area (Å²) in [6.45, 7) is 1.71. The maximum Gasteiger partial charge on any atom is 0.255 e. The van der Waals surface area contributed by atoms with Crippen LogP contribution in [-0.4, -0.2) is 51.5 Å². The van der Waals surface area contributed by atoms with Gasteiger partial charge in [0.05, 0.1) is 36.7 Å². The minimum Gasteiger partial charge on any atom is -0.497 e. The van der Waals surface area contributed by atoms with Gasteiger partial charge in [0.1, 0.15) is 23.8 Å². The number of anilines is 2. The standard InChI is InChI=1S/2C19H21N3O2/c2*1-24-13-7-5-12(6-8-13)11-17-21-19(23)15-4-2-3-14-16(20)9-10-22(17)18(14)15/h2*2-8,16-17H,9-11,20H2,1H3,(H,21,23)/t2*16-,17-/m10/s1. The van der Waals surface area contributed by atoms with E-state index >= 15 is 0 Å². The van der Waals surface area contributed by atoms with Gasteiger partial charge in [0.25, 0.3) is 11.8 Å². The number of carbonyl (C=O) groups excluding carboxylic acids is 2. The van der Waals surface area contributed by atoms with E-state index in [0.29, 0.717) is 0 Å². The quantitative estimate of drug-likeness (QED) is 0.242. The van der Waals surface area contributed by atoms with Gasteiger partial charge in [-0.15, -0.1) is 0 Å². The van der Waals surface area contributed by atoms with Gasteiger partial charge in [-0.2, -0.15) is 0 Å². The van der Waals surface area contributed by atoms with Crippen LogP contribution in [-0.2, 0) is 12.8 Å². The average Bonchev–Trinajstić information content (AvgIpc) is 3.11. The van der Waals surface area contributed by atoms with E-state index in [9.17, 15) is 9.59 Å². The van der Waals surface area contributed by atoms with Crippen LogP contribution in [0.25, 0.3) is 0 Å². The highest BCUT2D eigenvalue weighted by Crippen LogP contribution is 2.40. The summed E-state index contributed by atoms with van der Waals surface area (Å²) in [7, 11) is 3.32. The molecule has 4 heterocycles. The number of methoxy groups -OCH3 is 2. The highest BCUT2D eigenvalue weighted by Gasteiger charge is 2.37. The largest absolute Gasteiger partial charge is 0.497 e. The van der Waals surface area contributed by atoms with Crippen molar-refractivity contribution >= 4 is 23.2 Å². The van der Waals surface area contributed by atoms with Crippen molar-refractivity contribution in [2.24, 2.45) is 11.5 Å². The molecule has 4 atom stereocenters. The first-order valence-electron chi connectivity index (χ1n) is 16.5. The molecule has 6 N–H and O–H groups in total. The van der Waals surface area contributed by atoms with E-state index in [0.717, 1.165) is 95.0 Å². The molecule has 48 heavy (non-hydrogen) atoms. The zero-order valence-corrected chi connectivity index (χ0v) is 27.3. The summed E-state index contributed by atoms with van der Waals surface area (Å²) in [5.74, 6) is 1.64. The van der Waals surface area contributed by atoms with Crippen molar-refractivity contribution < 1.29 is 19.1 Å². The lowest BCUT2D eigenvalue weighted by molar-refractivity contribution is 0.0916. The number of nitrogens with two attached hydrogens (primary N) is 2. The molecular weight excluding hydrogens is 604 g/mol. The van der Waals surface area contributed by atoms with E-state index in [4.69, 9.17) is 20.9 Å². The summed E-state index contributed by atoms with van der Waals surface area (Å²) in [4.78, 5) is 29.6. The molecule has 0 saturated carbocycles. The second-order valence-corrected chi connectivity index (χ2v) is 12.7. The molecule has 0 aromatic heterocycles. The molecule has 4 aromatic carbocycles. The van der Waals surface area contributed by atoms with Gasteiger partial charge in [0, 0.05) is 38.0 Å². The van der Waals surface area contributed by atoms with Crippen LogP contribution < -0.4 is 41.4 Å². The molecule has 0 aliphatic carbocycles. The monoisotopic (exact) mass is 646 g/mol. The fourth-order valence-electron chi connectivity index (χ4n) is 7.35. The van der Waals surface area contributed by atoms with Gasteiger partial charge in [-0.1, -0.05) is 48.5 Å². The fourth-order valence-corrected chi connectivity index (χ4v) is 7.35. The highest BCUT2D eigenvalue weighted by atomic mass is 16.5. The van der Waals surface area contributed by atoms with Gasteiger partial charge in [-0.3, -0.25) is 9.59 Å². The molecule has 0 saturated heterocycles. The van der Waals surface area contributed by atoms with E-state index in [1.54, 1.807) is 14.2 Å². The minimum atomic E-state index is -0.0490.